The highest BCUT2D eigenvalue weighted by Crippen LogP contribution is 2.35. The molecular formula is C19H17F3N6. The Balaban J connectivity index is 1.68. The summed E-state index contributed by atoms with van der Waals surface area (Å²) >= 11 is 0. The van der Waals surface area contributed by atoms with Crippen molar-refractivity contribution in [1.29, 1.82) is 5.26 Å². The summed E-state index contributed by atoms with van der Waals surface area (Å²) in [7, 11) is 0. The van der Waals surface area contributed by atoms with Gasteiger partial charge in [-0.25, -0.2) is 4.98 Å². The highest BCUT2D eigenvalue weighted by atomic mass is 19.4. The average Bonchev–Trinajstić information content (AvgIpc) is 3.43. The second-order valence-electron chi connectivity index (χ2n) is 7.02. The van der Waals surface area contributed by atoms with Crippen LogP contribution in [0, 0.1) is 17.2 Å². The van der Waals surface area contributed by atoms with Gasteiger partial charge >= 0.3 is 6.18 Å². The van der Waals surface area contributed by atoms with Gasteiger partial charge in [-0.2, -0.15) is 28.4 Å². The van der Waals surface area contributed by atoms with Crippen LogP contribution in [-0.2, 0) is 12.7 Å². The van der Waals surface area contributed by atoms with Crippen LogP contribution in [0.25, 0.3) is 11.2 Å². The first-order chi connectivity index (χ1) is 13.3. The number of imidazole rings is 1. The molecule has 0 saturated heterocycles. The molecule has 0 bridgehead atoms. The van der Waals surface area contributed by atoms with Gasteiger partial charge in [0.1, 0.15) is 11.6 Å². The summed E-state index contributed by atoms with van der Waals surface area (Å²) in [5.41, 5.74) is 1.02. The molecule has 0 aliphatic heterocycles. The Morgan fingerprint density at radius 2 is 1.96 bits per heavy atom. The lowest BCUT2D eigenvalue weighted by Crippen LogP contribution is -2.19. The summed E-state index contributed by atoms with van der Waals surface area (Å²) in [5.74, 6) is 1.12. The van der Waals surface area contributed by atoms with Gasteiger partial charge in [0.2, 0.25) is 5.82 Å². The van der Waals surface area contributed by atoms with Gasteiger partial charge in [0, 0.05) is 12.6 Å². The Morgan fingerprint density at radius 3 is 2.57 bits per heavy atom. The van der Waals surface area contributed by atoms with Gasteiger partial charge in [-0.3, -0.25) is 0 Å². The molecule has 1 saturated carbocycles. The third kappa shape index (κ3) is 3.63. The normalized spacial score (nSPS) is 15.4. The lowest BCUT2D eigenvalue weighted by molar-refractivity contribution is -0.137. The largest absolute Gasteiger partial charge is 0.416 e. The van der Waals surface area contributed by atoms with E-state index in [0.717, 1.165) is 25.0 Å². The van der Waals surface area contributed by atoms with E-state index < -0.39 is 11.7 Å². The number of alkyl halides is 3. The molecule has 1 N–H and O–H groups in total. The Kier molecular flexibility index (Phi) is 4.41. The van der Waals surface area contributed by atoms with E-state index in [2.05, 4.69) is 27.2 Å². The van der Waals surface area contributed by atoms with Crippen molar-refractivity contribution >= 4 is 17.0 Å². The topological polar surface area (TPSA) is 79.4 Å². The van der Waals surface area contributed by atoms with Crippen LogP contribution in [0.1, 0.15) is 36.7 Å². The van der Waals surface area contributed by atoms with Crippen molar-refractivity contribution in [3.8, 4) is 6.07 Å². The number of nitrogens with one attached hydrogen (secondary N) is 1. The SMILES string of the molecule is CC(Nc1nc(C#N)nc2ncn(Cc3ccc(C(F)(F)F)cc3)c12)C1CC1. The smallest absolute Gasteiger partial charge is 0.365 e. The first-order valence-electron chi connectivity index (χ1n) is 8.91. The van der Waals surface area contributed by atoms with E-state index in [0.29, 0.717) is 35.0 Å². The van der Waals surface area contributed by atoms with Crippen molar-refractivity contribution < 1.29 is 13.2 Å². The molecule has 6 nitrogen and oxygen atoms in total. The maximum Gasteiger partial charge on any atom is 0.416 e. The maximum atomic E-state index is 12.8. The van der Waals surface area contributed by atoms with Crippen LogP contribution < -0.4 is 5.32 Å². The van der Waals surface area contributed by atoms with Crippen molar-refractivity contribution in [2.75, 3.05) is 5.32 Å². The summed E-state index contributed by atoms with van der Waals surface area (Å²) in [6.07, 6.45) is -0.500. The standard InChI is InChI=1S/C19H17F3N6/c1-11(13-4-5-13)25-18-16-17(26-15(8-23)27-18)24-10-28(16)9-12-2-6-14(7-3-12)19(20,21)22/h2-3,6-7,10-11,13H,4-5,9H2,1H3,(H,25,26,27). The molecule has 1 aliphatic rings. The molecule has 1 aliphatic carbocycles. The first kappa shape index (κ1) is 18.2. The molecular weight excluding hydrogens is 369 g/mol. The molecule has 2 aromatic heterocycles. The molecule has 28 heavy (non-hydrogen) atoms. The molecule has 1 fully saturated rings. The minimum atomic E-state index is -4.36. The van der Waals surface area contributed by atoms with Gasteiger partial charge in [0.25, 0.3) is 0 Å². The third-order valence-electron chi connectivity index (χ3n) is 4.90. The van der Waals surface area contributed by atoms with Crippen molar-refractivity contribution in [3.05, 3.63) is 47.5 Å². The van der Waals surface area contributed by atoms with Gasteiger partial charge in [0.15, 0.2) is 11.5 Å². The Bertz CT molecular complexity index is 1040. The number of rotatable bonds is 5. The van der Waals surface area contributed by atoms with Crippen LogP contribution in [0.4, 0.5) is 19.0 Å². The van der Waals surface area contributed by atoms with E-state index in [1.54, 1.807) is 10.9 Å². The zero-order valence-corrected chi connectivity index (χ0v) is 15.0. The minimum absolute atomic E-state index is 0.0257. The van der Waals surface area contributed by atoms with E-state index in [9.17, 15) is 18.4 Å². The molecule has 144 valence electrons. The van der Waals surface area contributed by atoms with Crippen molar-refractivity contribution in [1.82, 2.24) is 19.5 Å². The summed E-state index contributed by atoms with van der Waals surface area (Å²) in [4.78, 5) is 12.7. The fourth-order valence-corrected chi connectivity index (χ4v) is 3.18. The summed E-state index contributed by atoms with van der Waals surface area (Å²) in [6, 6.07) is 7.14. The molecule has 1 aromatic carbocycles. The number of anilines is 1. The molecule has 4 rings (SSSR count). The highest BCUT2D eigenvalue weighted by molar-refractivity contribution is 5.84. The van der Waals surface area contributed by atoms with Crippen LogP contribution in [0.2, 0.25) is 0 Å². The Labute approximate surface area is 159 Å². The monoisotopic (exact) mass is 386 g/mol. The number of fused-ring (bicyclic) bond motifs is 1. The van der Waals surface area contributed by atoms with Crippen molar-refractivity contribution in [2.24, 2.45) is 5.92 Å². The molecule has 3 aromatic rings. The van der Waals surface area contributed by atoms with Crippen LogP contribution in [0.5, 0.6) is 0 Å². The number of hydrogen-bond acceptors (Lipinski definition) is 5. The second-order valence-corrected chi connectivity index (χ2v) is 7.02. The average molecular weight is 386 g/mol. The van der Waals surface area contributed by atoms with E-state index in [1.165, 1.54) is 12.1 Å². The number of aromatic nitrogens is 4. The molecule has 0 radical (unpaired) electrons. The summed E-state index contributed by atoms with van der Waals surface area (Å²) in [5, 5.41) is 12.5. The molecule has 1 unspecified atom stereocenters. The van der Waals surface area contributed by atoms with Crippen LogP contribution in [0.3, 0.4) is 0 Å². The van der Waals surface area contributed by atoms with Gasteiger partial charge in [-0.15, -0.1) is 0 Å². The van der Waals surface area contributed by atoms with Crippen molar-refractivity contribution in [2.45, 2.75) is 38.5 Å². The van der Waals surface area contributed by atoms with Crippen molar-refractivity contribution in [3.63, 3.8) is 0 Å². The molecule has 9 heteroatoms. The first-order valence-corrected chi connectivity index (χ1v) is 8.91. The van der Waals surface area contributed by atoms with E-state index in [4.69, 9.17) is 0 Å². The maximum absolute atomic E-state index is 12.8. The fraction of sp³-hybridized carbons (Fsp3) is 0.368. The Hall–Kier alpha value is -3.15. The quantitative estimate of drug-likeness (QED) is 0.718. The van der Waals surface area contributed by atoms with Crippen LogP contribution in [-0.4, -0.2) is 25.6 Å². The lowest BCUT2D eigenvalue weighted by atomic mass is 10.1. The number of hydrogen-bond donors (Lipinski definition) is 1. The molecule has 0 spiro atoms. The third-order valence-corrected chi connectivity index (χ3v) is 4.90. The van der Waals surface area contributed by atoms with Gasteiger partial charge in [-0.1, -0.05) is 12.1 Å². The number of halogens is 3. The highest BCUT2D eigenvalue weighted by Gasteiger charge is 2.30. The Morgan fingerprint density at radius 1 is 1.25 bits per heavy atom. The predicted octanol–water partition coefficient (Wildman–Crippen LogP) is 3.98. The number of benzene rings is 1. The molecule has 1 atom stereocenters. The summed E-state index contributed by atoms with van der Waals surface area (Å²) in [6.45, 7) is 2.38. The van der Waals surface area contributed by atoms with Gasteiger partial charge < -0.3 is 9.88 Å². The van der Waals surface area contributed by atoms with Gasteiger partial charge in [0.05, 0.1) is 11.9 Å². The van der Waals surface area contributed by atoms with Gasteiger partial charge in [-0.05, 0) is 43.4 Å². The number of nitrogens with zero attached hydrogens (tertiary/aromatic N) is 5. The summed E-state index contributed by atoms with van der Waals surface area (Å²) < 4.78 is 40.0. The number of nitriles is 1. The zero-order chi connectivity index (χ0) is 19.9. The lowest BCUT2D eigenvalue weighted by Gasteiger charge is -2.15. The van der Waals surface area contributed by atoms with E-state index in [1.807, 2.05) is 6.07 Å². The fourth-order valence-electron chi connectivity index (χ4n) is 3.18. The molecule has 0 amide bonds. The van der Waals surface area contributed by atoms with E-state index >= 15 is 0 Å². The predicted molar refractivity (Wildman–Crippen MR) is 96.4 cm³/mol. The minimum Gasteiger partial charge on any atom is -0.365 e. The second kappa shape index (κ2) is 6.78. The van der Waals surface area contributed by atoms with E-state index in [-0.39, 0.29) is 11.9 Å². The molecule has 2 heterocycles. The van der Waals surface area contributed by atoms with Crippen LogP contribution in [0.15, 0.2) is 30.6 Å². The van der Waals surface area contributed by atoms with Crippen LogP contribution >= 0.6 is 0 Å². The zero-order valence-electron chi connectivity index (χ0n) is 15.0.